The fourth-order valence-electron chi connectivity index (χ4n) is 2.97. The van der Waals surface area contributed by atoms with Crippen molar-refractivity contribution >= 4 is 36.0 Å². The average Bonchev–Trinajstić information content (AvgIpc) is 3.31. The third-order valence-electron chi connectivity index (χ3n) is 6.08. The van der Waals surface area contributed by atoms with Gasteiger partial charge in [0.15, 0.2) is 13.9 Å². The van der Waals surface area contributed by atoms with Gasteiger partial charge in [0.05, 0.1) is 11.1 Å². The molecule has 0 amide bonds. The summed E-state index contributed by atoms with van der Waals surface area (Å²) in [5.41, 5.74) is -0.800. The van der Waals surface area contributed by atoms with Crippen LogP contribution in [0.4, 0.5) is 0 Å². The molecule has 30 heavy (non-hydrogen) atoms. The molecule has 8 heteroatoms. The van der Waals surface area contributed by atoms with Gasteiger partial charge in [0.1, 0.15) is 17.8 Å². The quantitative estimate of drug-likeness (QED) is 0.250. The Labute approximate surface area is 189 Å². The predicted molar refractivity (Wildman–Crippen MR) is 122 cm³/mol. The molecular formula is C22H35BrO6Si. The molecule has 2 rings (SSSR count). The van der Waals surface area contributed by atoms with Crippen LogP contribution < -0.4 is 0 Å². The lowest BCUT2D eigenvalue weighted by molar-refractivity contribution is -0.149. The maximum Gasteiger partial charge on any atom is 0.333 e. The van der Waals surface area contributed by atoms with E-state index in [4.69, 9.17) is 13.9 Å². The van der Waals surface area contributed by atoms with E-state index in [1.165, 1.54) is 0 Å². The summed E-state index contributed by atoms with van der Waals surface area (Å²) in [7, 11) is -2.04. The van der Waals surface area contributed by atoms with E-state index >= 15 is 0 Å². The number of hydrogen-bond acceptors (Lipinski definition) is 6. The van der Waals surface area contributed by atoms with Crippen LogP contribution in [0, 0.1) is 0 Å². The predicted octanol–water partition coefficient (Wildman–Crippen LogP) is 4.42. The van der Waals surface area contributed by atoms with Crippen molar-refractivity contribution in [2.24, 2.45) is 0 Å². The van der Waals surface area contributed by atoms with Gasteiger partial charge in [0.2, 0.25) is 5.78 Å². The Hall–Kier alpha value is -0.803. The van der Waals surface area contributed by atoms with Crippen LogP contribution in [-0.4, -0.2) is 55.2 Å². The van der Waals surface area contributed by atoms with E-state index in [-0.39, 0.29) is 23.8 Å². The zero-order valence-corrected chi connectivity index (χ0v) is 22.1. The summed E-state index contributed by atoms with van der Waals surface area (Å²) in [5, 5.41) is 10.8. The van der Waals surface area contributed by atoms with Crippen LogP contribution >= 0.6 is 15.9 Å². The van der Waals surface area contributed by atoms with Crippen molar-refractivity contribution in [1.82, 2.24) is 0 Å². The summed E-state index contributed by atoms with van der Waals surface area (Å²) >= 11 is 3.37. The zero-order valence-electron chi connectivity index (χ0n) is 19.5. The maximum atomic E-state index is 13.0. The minimum atomic E-state index is -2.04. The van der Waals surface area contributed by atoms with E-state index in [0.29, 0.717) is 15.6 Å². The van der Waals surface area contributed by atoms with Gasteiger partial charge in [-0.05, 0) is 61.8 Å². The highest BCUT2D eigenvalue weighted by molar-refractivity contribution is 9.12. The number of ether oxygens (including phenoxy) is 2. The lowest BCUT2D eigenvalue weighted by atomic mass is 9.84. The molecule has 1 aliphatic heterocycles. The molecular weight excluding hydrogens is 468 g/mol. The Balaban J connectivity index is 2.14. The van der Waals surface area contributed by atoms with Gasteiger partial charge >= 0.3 is 5.97 Å². The fraction of sp³-hybridized carbons (Fsp3) is 0.727. The average molecular weight is 504 g/mol. The molecule has 1 fully saturated rings. The first-order chi connectivity index (χ1) is 13.4. The van der Waals surface area contributed by atoms with Crippen molar-refractivity contribution in [1.29, 1.82) is 0 Å². The highest BCUT2D eigenvalue weighted by Crippen LogP contribution is 2.51. The first kappa shape index (κ1) is 25.5. The number of fused-ring (bicyclic) bond motifs is 1. The number of ketones is 1. The SMILES string of the molecule is C/C(=C\C[C@@]12O[C@@H]1[C@H](O)C(CO[Si](C)(C)C(C)(C)C)=C(Br)C2=O)C(=O)OC(C)(C)C. The summed E-state index contributed by atoms with van der Waals surface area (Å²) in [6.45, 7) is 17.9. The Morgan fingerprint density at radius 1 is 1.27 bits per heavy atom. The highest BCUT2D eigenvalue weighted by atomic mass is 79.9. The molecule has 0 saturated carbocycles. The normalized spacial score (nSPS) is 27.8. The molecule has 170 valence electrons. The van der Waals surface area contributed by atoms with Gasteiger partial charge in [-0.1, -0.05) is 26.8 Å². The smallest absolute Gasteiger partial charge is 0.333 e. The summed E-state index contributed by atoms with van der Waals surface area (Å²) in [6.07, 6.45) is 0.282. The lowest BCUT2D eigenvalue weighted by Crippen LogP contribution is -2.44. The third-order valence-corrected chi connectivity index (χ3v) is 11.4. The van der Waals surface area contributed by atoms with E-state index in [1.54, 1.807) is 33.8 Å². The molecule has 0 bridgehead atoms. The third kappa shape index (κ3) is 5.15. The van der Waals surface area contributed by atoms with Gasteiger partial charge in [-0.25, -0.2) is 4.79 Å². The topological polar surface area (TPSA) is 85.4 Å². The number of rotatable bonds is 6. The largest absolute Gasteiger partial charge is 0.457 e. The molecule has 1 saturated heterocycles. The van der Waals surface area contributed by atoms with Crippen molar-refractivity contribution < 1.29 is 28.6 Å². The molecule has 6 nitrogen and oxygen atoms in total. The molecule has 0 radical (unpaired) electrons. The standard InChI is InChI=1S/C22H35BrO6Si/c1-13(19(26)29-20(2,3)4)10-11-22-17(25)15(23)14(16(24)18(22)28-22)12-27-30(8,9)21(5,6)7/h10,16,18,24H,11-12H2,1-9H3/b13-10+/t16-,18-,22+/m1/s1. The van der Waals surface area contributed by atoms with Gasteiger partial charge < -0.3 is 19.0 Å². The number of aliphatic hydroxyl groups is 1. The zero-order chi connectivity index (χ0) is 23.3. The minimum absolute atomic E-state index is 0.0213. The highest BCUT2D eigenvalue weighted by Gasteiger charge is 2.68. The van der Waals surface area contributed by atoms with Crippen molar-refractivity contribution in [2.45, 2.75) is 96.4 Å². The number of carbonyl (C=O) groups excluding carboxylic acids is 2. The number of carbonyl (C=O) groups is 2. The van der Waals surface area contributed by atoms with Crippen molar-refractivity contribution in [2.75, 3.05) is 6.61 Å². The number of esters is 1. The van der Waals surface area contributed by atoms with E-state index < -0.39 is 37.7 Å². The molecule has 0 aromatic carbocycles. The molecule has 0 aromatic rings. The molecule has 1 N–H and O–H groups in total. The molecule has 0 aromatic heterocycles. The second kappa shape index (κ2) is 8.28. The first-order valence-corrected chi connectivity index (χ1v) is 14.0. The maximum absolute atomic E-state index is 13.0. The summed E-state index contributed by atoms with van der Waals surface area (Å²) in [5.74, 6) is -0.655. The fourth-order valence-corrected chi connectivity index (χ4v) is 4.60. The van der Waals surface area contributed by atoms with Crippen LogP contribution in [0.2, 0.25) is 18.1 Å². The van der Waals surface area contributed by atoms with E-state index in [2.05, 4.69) is 49.8 Å². The number of Topliss-reactive ketones (excluding diaryl/α,β-unsaturated/α-hetero) is 1. The van der Waals surface area contributed by atoms with E-state index in [1.807, 2.05) is 0 Å². The van der Waals surface area contributed by atoms with Crippen molar-refractivity contribution in [3.8, 4) is 0 Å². The van der Waals surface area contributed by atoms with Gasteiger partial charge in [0.25, 0.3) is 0 Å². The second-order valence-electron chi connectivity index (χ2n) is 10.7. The van der Waals surface area contributed by atoms with Crippen LogP contribution in [-0.2, 0) is 23.5 Å². The molecule has 1 aliphatic carbocycles. The summed E-state index contributed by atoms with van der Waals surface area (Å²) in [4.78, 5) is 25.2. The van der Waals surface area contributed by atoms with Crippen LogP contribution in [0.5, 0.6) is 0 Å². The van der Waals surface area contributed by atoms with Crippen LogP contribution in [0.25, 0.3) is 0 Å². The summed E-state index contributed by atoms with van der Waals surface area (Å²) in [6, 6.07) is 0. The number of epoxide rings is 1. The van der Waals surface area contributed by atoms with Gasteiger partial charge in [-0.3, -0.25) is 4.79 Å². The monoisotopic (exact) mass is 502 g/mol. The van der Waals surface area contributed by atoms with Crippen molar-refractivity contribution in [3.63, 3.8) is 0 Å². The van der Waals surface area contributed by atoms with Crippen LogP contribution in [0.15, 0.2) is 21.7 Å². The molecule has 0 unspecified atom stereocenters. The number of aliphatic hydroxyl groups excluding tert-OH is 1. The van der Waals surface area contributed by atoms with Crippen LogP contribution in [0.3, 0.4) is 0 Å². The van der Waals surface area contributed by atoms with E-state index in [0.717, 1.165) is 0 Å². The first-order valence-electron chi connectivity index (χ1n) is 10.3. The van der Waals surface area contributed by atoms with Gasteiger partial charge in [-0.15, -0.1) is 0 Å². The Morgan fingerprint density at radius 2 is 1.83 bits per heavy atom. The minimum Gasteiger partial charge on any atom is -0.457 e. The van der Waals surface area contributed by atoms with Gasteiger partial charge in [0, 0.05) is 17.6 Å². The molecule has 0 spiro atoms. The Morgan fingerprint density at radius 3 is 2.33 bits per heavy atom. The Bertz CT molecular complexity index is 786. The lowest BCUT2D eigenvalue weighted by Gasteiger charge is -2.37. The number of halogens is 1. The van der Waals surface area contributed by atoms with Crippen molar-refractivity contribution in [3.05, 3.63) is 21.7 Å². The molecule has 1 heterocycles. The molecule has 3 atom stereocenters. The Kier molecular flexibility index (Phi) is 7.02. The van der Waals surface area contributed by atoms with E-state index in [9.17, 15) is 14.7 Å². The van der Waals surface area contributed by atoms with Crippen LogP contribution in [0.1, 0.15) is 54.9 Å². The summed E-state index contributed by atoms with van der Waals surface area (Å²) < 4.78 is 17.6. The van der Waals surface area contributed by atoms with Gasteiger partial charge in [-0.2, -0.15) is 0 Å². The molecule has 2 aliphatic rings. The second-order valence-corrected chi connectivity index (χ2v) is 16.3. The number of hydrogen-bond donors (Lipinski definition) is 1.